The van der Waals surface area contributed by atoms with Gasteiger partial charge in [0, 0.05) is 12.5 Å². The fourth-order valence-corrected chi connectivity index (χ4v) is 0.821. The molecule has 1 unspecified atom stereocenters. The van der Waals surface area contributed by atoms with Crippen LogP contribution in [0.4, 0.5) is 0 Å². The number of ether oxygens (including phenoxy) is 1. The molecule has 0 spiro atoms. The Balaban J connectivity index is 3.83. The van der Waals surface area contributed by atoms with Gasteiger partial charge >= 0.3 is 5.97 Å². The first kappa shape index (κ1) is 12.0. The van der Waals surface area contributed by atoms with E-state index >= 15 is 0 Å². The van der Waals surface area contributed by atoms with E-state index in [-0.39, 0.29) is 18.4 Å². The van der Waals surface area contributed by atoms with E-state index < -0.39 is 5.60 Å². The lowest BCUT2D eigenvalue weighted by molar-refractivity contribution is -0.155. The monoisotopic (exact) mass is 183 g/mol. The van der Waals surface area contributed by atoms with Gasteiger partial charge in [-0.3, -0.25) is 4.79 Å². The molecule has 0 rings (SSSR count). The molecule has 13 heavy (non-hydrogen) atoms. The van der Waals surface area contributed by atoms with Crippen LogP contribution in [0.5, 0.6) is 0 Å². The molecular weight excluding hydrogens is 166 g/mol. The molecule has 0 amide bonds. The average Bonchev–Trinajstić information content (AvgIpc) is 1.81. The summed E-state index contributed by atoms with van der Waals surface area (Å²) < 4.78 is 5.07. The van der Waals surface area contributed by atoms with Crippen molar-refractivity contribution in [3.05, 3.63) is 0 Å². The summed E-state index contributed by atoms with van der Waals surface area (Å²) >= 11 is 0. The van der Waals surface area contributed by atoms with Gasteiger partial charge in [-0.2, -0.15) is 0 Å². The molecule has 0 aliphatic carbocycles. The molecule has 0 fully saturated rings. The highest BCUT2D eigenvalue weighted by molar-refractivity contribution is 5.70. The molecule has 0 aromatic heterocycles. The summed E-state index contributed by atoms with van der Waals surface area (Å²) in [7, 11) is 0. The molecule has 0 saturated heterocycles. The third-order valence-corrected chi connectivity index (χ3v) is 1.23. The second-order valence-electron chi connectivity index (χ2n) is 3.96. The van der Waals surface area contributed by atoms with Crippen LogP contribution < -0.4 is 5.73 Å². The third kappa shape index (κ3) is 7.35. The molecule has 0 radical (unpaired) electrons. The van der Waals surface area contributed by atoms with Crippen molar-refractivity contribution < 1.29 is 9.53 Å². The molecular formula is C10H17NO2. The van der Waals surface area contributed by atoms with Crippen LogP contribution in [-0.2, 0) is 9.53 Å². The Morgan fingerprint density at radius 1 is 1.62 bits per heavy atom. The van der Waals surface area contributed by atoms with Crippen LogP contribution in [0.15, 0.2) is 0 Å². The van der Waals surface area contributed by atoms with Crippen molar-refractivity contribution in [2.24, 2.45) is 5.73 Å². The van der Waals surface area contributed by atoms with E-state index in [2.05, 4.69) is 5.92 Å². The number of hydrogen-bond donors (Lipinski definition) is 1. The van der Waals surface area contributed by atoms with Crippen LogP contribution in [0.1, 0.15) is 33.6 Å². The van der Waals surface area contributed by atoms with Gasteiger partial charge in [0.25, 0.3) is 0 Å². The summed E-state index contributed by atoms with van der Waals surface area (Å²) in [6.07, 6.45) is 5.63. The van der Waals surface area contributed by atoms with Crippen LogP contribution in [-0.4, -0.2) is 17.6 Å². The van der Waals surface area contributed by atoms with Crippen molar-refractivity contribution in [2.45, 2.75) is 45.3 Å². The number of carbonyl (C=O) groups is 1. The second kappa shape index (κ2) is 4.88. The summed E-state index contributed by atoms with van der Waals surface area (Å²) in [6, 6.07) is -0.292. The molecule has 2 N–H and O–H groups in total. The molecule has 0 aliphatic rings. The Bertz CT molecular complexity index is 210. The first-order chi connectivity index (χ1) is 5.85. The standard InChI is InChI=1S/C10H17NO2/c1-5-6-8(11)7-9(12)13-10(2,3)4/h1,8H,6-7,11H2,2-4H3. The van der Waals surface area contributed by atoms with Gasteiger partial charge in [-0.1, -0.05) is 0 Å². The van der Waals surface area contributed by atoms with Gasteiger partial charge in [-0.05, 0) is 20.8 Å². The minimum absolute atomic E-state index is 0.182. The Morgan fingerprint density at radius 2 is 2.15 bits per heavy atom. The van der Waals surface area contributed by atoms with Crippen molar-refractivity contribution in [2.75, 3.05) is 0 Å². The van der Waals surface area contributed by atoms with Crippen molar-refractivity contribution in [1.82, 2.24) is 0 Å². The predicted octanol–water partition coefficient (Wildman–Crippen LogP) is 1.07. The minimum Gasteiger partial charge on any atom is -0.460 e. The molecule has 1 atom stereocenters. The molecule has 3 heteroatoms. The maximum Gasteiger partial charge on any atom is 0.307 e. The van der Waals surface area contributed by atoms with Gasteiger partial charge in [0.1, 0.15) is 5.60 Å². The van der Waals surface area contributed by atoms with E-state index in [1.54, 1.807) is 0 Å². The third-order valence-electron chi connectivity index (χ3n) is 1.23. The molecule has 3 nitrogen and oxygen atoms in total. The van der Waals surface area contributed by atoms with Gasteiger partial charge in [-0.25, -0.2) is 0 Å². The molecule has 0 aliphatic heterocycles. The van der Waals surface area contributed by atoms with Crippen LogP contribution in [0.3, 0.4) is 0 Å². The first-order valence-corrected chi connectivity index (χ1v) is 4.26. The average molecular weight is 183 g/mol. The zero-order valence-corrected chi connectivity index (χ0v) is 8.46. The van der Waals surface area contributed by atoms with Crippen LogP contribution in [0.25, 0.3) is 0 Å². The molecule has 0 aromatic carbocycles. The summed E-state index contributed by atoms with van der Waals surface area (Å²) in [5.41, 5.74) is 5.11. The highest BCUT2D eigenvalue weighted by Gasteiger charge is 2.17. The predicted molar refractivity (Wildman–Crippen MR) is 51.9 cm³/mol. The van der Waals surface area contributed by atoms with E-state index in [1.165, 1.54) is 0 Å². The number of rotatable bonds is 3. The zero-order chi connectivity index (χ0) is 10.5. The molecule has 0 bridgehead atoms. The van der Waals surface area contributed by atoms with Crippen molar-refractivity contribution in [3.8, 4) is 12.3 Å². The number of hydrogen-bond acceptors (Lipinski definition) is 3. The maximum atomic E-state index is 11.2. The number of carbonyl (C=O) groups excluding carboxylic acids is 1. The molecule has 0 aromatic rings. The van der Waals surface area contributed by atoms with Crippen LogP contribution >= 0.6 is 0 Å². The second-order valence-corrected chi connectivity index (χ2v) is 3.96. The van der Waals surface area contributed by atoms with E-state index in [0.29, 0.717) is 6.42 Å². The lowest BCUT2D eigenvalue weighted by atomic mass is 10.1. The fraction of sp³-hybridized carbons (Fsp3) is 0.700. The first-order valence-electron chi connectivity index (χ1n) is 4.26. The normalized spacial score (nSPS) is 13.2. The lowest BCUT2D eigenvalue weighted by Gasteiger charge is -2.20. The maximum absolute atomic E-state index is 11.2. The largest absolute Gasteiger partial charge is 0.460 e. The van der Waals surface area contributed by atoms with E-state index in [9.17, 15) is 4.79 Å². The van der Waals surface area contributed by atoms with Crippen molar-refractivity contribution in [1.29, 1.82) is 0 Å². The van der Waals surface area contributed by atoms with E-state index in [0.717, 1.165) is 0 Å². The zero-order valence-electron chi connectivity index (χ0n) is 8.46. The molecule has 0 saturated carbocycles. The van der Waals surface area contributed by atoms with Gasteiger partial charge in [0.2, 0.25) is 0 Å². The Morgan fingerprint density at radius 3 is 2.54 bits per heavy atom. The summed E-state index contributed by atoms with van der Waals surface area (Å²) in [5, 5.41) is 0. The topological polar surface area (TPSA) is 52.3 Å². The Hall–Kier alpha value is -1.01. The Kier molecular flexibility index (Phi) is 4.50. The van der Waals surface area contributed by atoms with Gasteiger partial charge in [0.05, 0.1) is 6.42 Å². The van der Waals surface area contributed by atoms with Crippen LogP contribution in [0, 0.1) is 12.3 Å². The minimum atomic E-state index is -0.451. The SMILES string of the molecule is C#CCC(N)CC(=O)OC(C)(C)C. The van der Waals surface area contributed by atoms with Gasteiger partial charge in [0.15, 0.2) is 0 Å². The fourth-order valence-electron chi connectivity index (χ4n) is 0.821. The quantitative estimate of drug-likeness (QED) is 0.526. The number of nitrogens with two attached hydrogens (primary N) is 1. The van der Waals surface area contributed by atoms with E-state index in [4.69, 9.17) is 16.9 Å². The van der Waals surface area contributed by atoms with Gasteiger partial charge in [-0.15, -0.1) is 12.3 Å². The Labute approximate surface area is 79.6 Å². The van der Waals surface area contributed by atoms with Crippen molar-refractivity contribution >= 4 is 5.97 Å². The van der Waals surface area contributed by atoms with Gasteiger partial charge < -0.3 is 10.5 Å². The summed E-state index contributed by atoms with van der Waals surface area (Å²) in [4.78, 5) is 11.2. The van der Waals surface area contributed by atoms with E-state index in [1.807, 2.05) is 20.8 Å². The van der Waals surface area contributed by atoms with Crippen LogP contribution in [0.2, 0.25) is 0 Å². The van der Waals surface area contributed by atoms with Crippen molar-refractivity contribution in [3.63, 3.8) is 0 Å². The summed E-state index contributed by atoms with van der Waals surface area (Å²) in [6.45, 7) is 5.45. The smallest absolute Gasteiger partial charge is 0.307 e. The molecule has 0 heterocycles. The highest BCUT2D eigenvalue weighted by atomic mass is 16.6. The number of terminal acetylenes is 1. The number of esters is 1. The summed E-state index contributed by atoms with van der Waals surface area (Å²) in [5.74, 6) is 2.11. The lowest BCUT2D eigenvalue weighted by Crippen LogP contribution is -2.29. The molecule has 74 valence electrons. The highest BCUT2D eigenvalue weighted by Crippen LogP contribution is 2.09.